The highest BCUT2D eigenvalue weighted by molar-refractivity contribution is 6.03. The Labute approximate surface area is 406 Å². The molecule has 70 heavy (non-hydrogen) atoms. The predicted molar refractivity (Wildman–Crippen MR) is 257 cm³/mol. The lowest BCUT2D eigenvalue weighted by molar-refractivity contribution is -0.384. The molecule has 1 fully saturated rings. The summed E-state index contributed by atoms with van der Waals surface area (Å²) >= 11 is 0. The highest BCUT2D eigenvalue weighted by Gasteiger charge is 2.65. The van der Waals surface area contributed by atoms with Crippen molar-refractivity contribution in [2.75, 3.05) is 33.2 Å². The normalized spacial score (nSPS) is 22.1. The van der Waals surface area contributed by atoms with E-state index in [4.69, 9.17) is 38.4 Å². The molecule has 2 aliphatic heterocycles. The van der Waals surface area contributed by atoms with Crippen LogP contribution in [0.25, 0.3) is 0 Å². The van der Waals surface area contributed by atoms with Gasteiger partial charge in [-0.25, -0.2) is 9.59 Å². The van der Waals surface area contributed by atoms with E-state index in [2.05, 4.69) is 18.0 Å². The third-order valence-corrected chi connectivity index (χ3v) is 13.4. The highest BCUT2D eigenvalue weighted by Crippen LogP contribution is 2.62. The van der Waals surface area contributed by atoms with Crippen LogP contribution in [0.2, 0.25) is 0 Å². The van der Waals surface area contributed by atoms with Crippen LogP contribution in [0.15, 0.2) is 120 Å². The number of ether oxygens (including phenoxy) is 6. The third kappa shape index (κ3) is 11.1. The van der Waals surface area contributed by atoms with Crippen LogP contribution in [0.3, 0.4) is 0 Å². The number of fused-ring (bicyclic) bond motifs is 3. The zero-order valence-electron chi connectivity index (χ0n) is 39.2. The fourth-order valence-corrected chi connectivity index (χ4v) is 10.3. The summed E-state index contributed by atoms with van der Waals surface area (Å²) in [6.07, 6.45) is 6.64. The number of nitro benzene ring substituents is 1. The van der Waals surface area contributed by atoms with Crippen LogP contribution in [0.4, 0.5) is 15.3 Å². The van der Waals surface area contributed by atoms with Gasteiger partial charge in [0.2, 0.25) is 12.6 Å². The monoisotopic (exact) mass is 960 g/mol. The summed E-state index contributed by atoms with van der Waals surface area (Å²) in [7, 11) is 0. The summed E-state index contributed by atoms with van der Waals surface area (Å²) < 4.78 is 37.6. The average Bonchev–Trinajstić information content (AvgIpc) is 3.84. The highest BCUT2D eigenvalue weighted by atomic mass is 16.7. The fraction of sp³-hybridized carbons (Fsp3) is 0.415. The fourth-order valence-electron chi connectivity index (χ4n) is 10.3. The van der Waals surface area contributed by atoms with E-state index in [1.54, 1.807) is 48.2 Å². The van der Waals surface area contributed by atoms with Gasteiger partial charge in [-0.2, -0.15) is 0 Å². The molecule has 370 valence electrons. The summed E-state index contributed by atoms with van der Waals surface area (Å²) in [4.78, 5) is 46.8. The van der Waals surface area contributed by atoms with E-state index in [1.165, 1.54) is 12.1 Å². The molecule has 6 unspecified atom stereocenters. The van der Waals surface area contributed by atoms with Crippen LogP contribution in [0.1, 0.15) is 80.0 Å². The Morgan fingerprint density at radius 3 is 2.41 bits per heavy atom. The van der Waals surface area contributed by atoms with Gasteiger partial charge in [-0.3, -0.25) is 15.0 Å². The number of nitrogens with zero attached hydrogens (tertiary/aromatic N) is 3. The van der Waals surface area contributed by atoms with Gasteiger partial charge < -0.3 is 48.8 Å². The number of carbonyl (C=O) groups is 2. The number of unbranched alkanes of at least 4 members (excludes halogenated alkanes) is 2. The van der Waals surface area contributed by atoms with Crippen molar-refractivity contribution >= 4 is 23.6 Å². The predicted octanol–water partition coefficient (Wildman–Crippen LogP) is 9.10. The van der Waals surface area contributed by atoms with Crippen molar-refractivity contribution in [2.45, 2.75) is 89.3 Å². The number of hydrogen-bond acceptors (Lipinski definition) is 14. The number of aliphatic hydroxyl groups excluding tert-OH is 2. The Morgan fingerprint density at radius 2 is 1.67 bits per heavy atom. The minimum atomic E-state index is -1.61. The molecule has 17 heteroatoms. The number of benzene rings is 4. The molecule has 0 spiro atoms. The molecule has 0 bridgehead atoms. The molecule has 6 atom stereocenters. The molecule has 3 N–H and O–H groups in total. The number of nitro groups is 1. The molecular formula is C53H60N4O13. The van der Waals surface area contributed by atoms with Crippen LogP contribution in [0.5, 0.6) is 23.0 Å². The molecule has 0 radical (unpaired) electrons. The Balaban J connectivity index is 1.29. The lowest BCUT2D eigenvalue weighted by Crippen LogP contribution is -2.70. The number of amides is 2. The van der Waals surface area contributed by atoms with E-state index in [0.29, 0.717) is 60.6 Å². The van der Waals surface area contributed by atoms with Crippen LogP contribution in [0, 0.1) is 27.9 Å². The Hall–Kier alpha value is -6.95. The number of nitrogens with one attached hydrogen (secondary N) is 1. The summed E-state index contributed by atoms with van der Waals surface area (Å²) in [6.45, 7) is 6.26. The standard InChI is InChI=1S/C53H60N4O13/c1-3-26-67-53-48(56(52(61)64-4-2)32-37-18-22-46-47(27-37)66-34-65-46)30-44(55-68-33-36-16-19-39(20-17-36)57(62)63)42-28-38(14-8-10-24-58)41(15-9-11-25-59)49(50(42)53)43-29-40(21-23-45(43)70-53)69-51(60)54-31-35-12-6-5-7-13-35/h3,5-7,12-13,16-23,27-29,38,41,48-50,58-59H,1,4,8-11,14-15,24-26,30-34H2,2H3,(H,54,60). The summed E-state index contributed by atoms with van der Waals surface area (Å²) in [5.41, 5.74) is 4.30. The van der Waals surface area contributed by atoms with Gasteiger partial charge in [0.25, 0.3) is 5.69 Å². The first-order valence-corrected chi connectivity index (χ1v) is 23.9. The zero-order valence-corrected chi connectivity index (χ0v) is 39.2. The molecule has 4 aromatic rings. The van der Waals surface area contributed by atoms with Gasteiger partial charge in [-0.05, 0) is 109 Å². The minimum absolute atomic E-state index is 0.0125. The quantitative estimate of drug-likeness (QED) is 0.0291. The van der Waals surface area contributed by atoms with Crippen LogP contribution < -0.4 is 24.3 Å². The van der Waals surface area contributed by atoms with Crippen molar-refractivity contribution in [2.24, 2.45) is 22.9 Å². The van der Waals surface area contributed by atoms with Gasteiger partial charge in [0.15, 0.2) is 11.5 Å². The van der Waals surface area contributed by atoms with Gasteiger partial charge in [-0.1, -0.05) is 66.5 Å². The maximum absolute atomic E-state index is 14.7. The van der Waals surface area contributed by atoms with Crippen molar-refractivity contribution < 1.29 is 58.0 Å². The SMILES string of the molecule is C=CCOC12Oc3ccc(OC(=O)NCc4ccccc4)cc3C3C(CCCCO)C(CCCCO)C=C(C(=NOCc4ccc([N+](=O)[O-])cc4)CC1N(Cc1ccc4c(c1)OCO4)C(=O)OCC)C32. The number of non-ortho nitro benzene ring substituents is 1. The van der Waals surface area contributed by atoms with E-state index in [1.807, 2.05) is 48.5 Å². The zero-order chi connectivity index (χ0) is 49.0. The largest absolute Gasteiger partial charge is 0.459 e. The summed E-state index contributed by atoms with van der Waals surface area (Å²) in [6, 6.07) is 25.4. The smallest absolute Gasteiger partial charge is 0.412 e. The number of aliphatic hydroxyl groups is 2. The Kier molecular flexibility index (Phi) is 16.3. The van der Waals surface area contributed by atoms with Gasteiger partial charge in [0, 0.05) is 56.3 Å². The van der Waals surface area contributed by atoms with E-state index in [0.717, 1.165) is 28.7 Å². The molecular weight excluding hydrogens is 901 g/mol. The lowest BCUT2D eigenvalue weighted by Gasteiger charge is -2.59. The van der Waals surface area contributed by atoms with Gasteiger partial charge >= 0.3 is 12.2 Å². The van der Waals surface area contributed by atoms with Crippen LogP contribution in [-0.2, 0) is 34.0 Å². The molecule has 8 rings (SSSR count). The molecule has 2 amide bonds. The molecule has 1 saturated carbocycles. The molecule has 2 heterocycles. The maximum atomic E-state index is 14.7. The molecule has 0 saturated heterocycles. The van der Waals surface area contributed by atoms with Crippen molar-refractivity contribution in [3.8, 4) is 23.0 Å². The molecule has 17 nitrogen and oxygen atoms in total. The summed E-state index contributed by atoms with van der Waals surface area (Å²) in [5.74, 6) is -1.01. The first-order valence-electron chi connectivity index (χ1n) is 23.9. The van der Waals surface area contributed by atoms with Crippen molar-refractivity contribution in [1.82, 2.24) is 10.2 Å². The Bertz CT molecular complexity index is 2540. The molecule has 0 aromatic heterocycles. The molecule has 4 aliphatic rings. The third-order valence-electron chi connectivity index (χ3n) is 13.4. The van der Waals surface area contributed by atoms with Crippen molar-refractivity contribution in [1.29, 1.82) is 0 Å². The van der Waals surface area contributed by atoms with Crippen molar-refractivity contribution in [3.63, 3.8) is 0 Å². The molecule has 4 aromatic carbocycles. The van der Waals surface area contributed by atoms with E-state index in [9.17, 15) is 29.9 Å². The number of rotatable bonds is 22. The van der Waals surface area contributed by atoms with Crippen LogP contribution >= 0.6 is 0 Å². The Morgan fingerprint density at radius 1 is 0.929 bits per heavy atom. The number of carbonyl (C=O) groups excluding carboxylic acids is 2. The van der Waals surface area contributed by atoms with Gasteiger partial charge in [-0.15, -0.1) is 6.58 Å². The second-order valence-corrected chi connectivity index (χ2v) is 17.7. The van der Waals surface area contributed by atoms with E-state index < -0.39 is 40.8 Å². The first kappa shape index (κ1) is 49.5. The lowest BCUT2D eigenvalue weighted by atomic mass is 9.55. The summed E-state index contributed by atoms with van der Waals surface area (Å²) in [5, 5.41) is 39.1. The van der Waals surface area contributed by atoms with E-state index in [-0.39, 0.29) is 82.6 Å². The average molecular weight is 961 g/mol. The van der Waals surface area contributed by atoms with E-state index >= 15 is 0 Å². The molecule has 2 aliphatic carbocycles. The minimum Gasteiger partial charge on any atom is -0.459 e. The number of oxime groups is 1. The first-order chi connectivity index (χ1) is 34.2. The van der Waals surface area contributed by atoms with Gasteiger partial charge in [0.1, 0.15) is 24.1 Å². The van der Waals surface area contributed by atoms with Crippen molar-refractivity contribution in [3.05, 3.63) is 148 Å². The second kappa shape index (κ2) is 23.1. The number of allylic oxidation sites excluding steroid dienone is 1. The maximum Gasteiger partial charge on any atom is 0.412 e. The number of hydrogen-bond donors (Lipinski definition) is 3. The van der Waals surface area contributed by atoms with Crippen LogP contribution in [-0.4, -0.2) is 83.0 Å². The van der Waals surface area contributed by atoms with Gasteiger partial charge in [0.05, 0.1) is 29.8 Å². The topological polar surface area (TPSA) is 210 Å². The second-order valence-electron chi connectivity index (χ2n) is 17.7.